The summed E-state index contributed by atoms with van der Waals surface area (Å²) in [5.74, 6) is 0.461. The number of carbonyl (C=O) groups excluding carboxylic acids is 1. The number of hydrogen-bond acceptors (Lipinski definition) is 3. The minimum atomic E-state index is -3.46. The summed E-state index contributed by atoms with van der Waals surface area (Å²) >= 11 is 0. The van der Waals surface area contributed by atoms with Crippen LogP contribution in [0.1, 0.15) is 44.1 Å². The SMILES string of the molecule is CN(CC1CCCCC1)S(=O)(=O)c1ccc2c(c1)CCC(=O)N2. The number of nitrogens with one attached hydrogen (secondary N) is 1. The molecule has 23 heavy (non-hydrogen) atoms. The van der Waals surface area contributed by atoms with E-state index in [0.717, 1.165) is 24.1 Å². The van der Waals surface area contributed by atoms with Gasteiger partial charge in [-0.3, -0.25) is 4.79 Å². The van der Waals surface area contributed by atoms with Crippen molar-refractivity contribution >= 4 is 21.6 Å². The van der Waals surface area contributed by atoms with Crippen LogP contribution < -0.4 is 5.32 Å². The molecule has 126 valence electrons. The van der Waals surface area contributed by atoms with Crippen molar-refractivity contribution in [3.05, 3.63) is 23.8 Å². The molecule has 1 fully saturated rings. The summed E-state index contributed by atoms with van der Waals surface area (Å²) < 4.78 is 27.1. The van der Waals surface area contributed by atoms with Crippen molar-refractivity contribution < 1.29 is 13.2 Å². The molecule has 1 saturated carbocycles. The molecule has 0 unspecified atom stereocenters. The van der Waals surface area contributed by atoms with Crippen molar-refractivity contribution in [1.82, 2.24) is 4.31 Å². The van der Waals surface area contributed by atoms with Crippen LogP contribution in [0.2, 0.25) is 0 Å². The number of carbonyl (C=O) groups is 1. The van der Waals surface area contributed by atoms with Crippen LogP contribution in [0.4, 0.5) is 5.69 Å². The first kappa shape index (κ1) is 16.5. The Morgan fingerprint density at radius 3 is 2.65 bits per heavy atom. The fraction of sp³-hybridized carbons (Fsp3) is 0.588. The van der Waals surface area contributed by atoms with Gasteiger partial charge < -0.3 is 5.32 Å². The van der Waals surface area contributed by atoms with Crippen molar-refractivity contribution in [1.29, 1.82) is 0 Å². The molecule has 5 nitrogen and oxygen atoms in total. The Hall–Kier alpha value is -1.40. The average Bonchev–Trinajstić information content (AvgIpc) is 2.55. The average molecular weight is 336 g/mol. The van der Waals surface area contributed by atoms with E-state index in [1.807, 2.05) is 0 Å². The number of sulfonamides is 1. The quantitative estimate of drug-likeness (QED) is 0.919. The second kappa shape index (κ2) is 6.61. The molecule has 2 aliphatic rings. The van der Waals surface area contributed by atoms with Gasteiger partial charge in [0.15, 0.2) is 0 Å². The molecule has 1 amide bonds. The van der Waals surface area contributed by atoms with Gasteiger partial charge in [0, 0.05) is 25.7 Å². The molecule has 0 spiro atoms. The maximum absolute atomic E-state index is 12.8. The number of fused-ring (bicyclic) bond motifs is 1. The van der Waals surface area contributed by atoms with Gasteiger partial charge >= 0.3 is 0 Å². The van der Waals surface area contributed by atoms with E-state index in [2.05, 4.69) is 5.32 Å². The molecule has 1 aromatic rings. The summed E-state index contributed by atoms with van der Waals surface area (Å²) in [4.78, 5) is 11.7. The molecule has 0 radical (unpaired) electrons. The number of aryl methyl sites for hydroxylation is 1. The second-order valence-electron chi connectivity index (χ2n) is 6.66. The molecular formula is C17H24N2O3S. The Bertz CT molecular complexity index is 694. The standard InChI is InChI=1S/C17H24N2O3S/c1-19(12-13-5-3-2-4-6-13)23(21,22)15-8-9-16-14(11-15)7-10-17(20)18-16/h8-9,11,13H,2-7,10,12H2,1H3,(H,18,20). The number of anilines is 1. The van der Waals surface area contributed by atoms with Gasteiger partial charge in [0.1, 0.15) is 0 Å². The lowest BCUT2D eigenvalue weighted by molar-refractivity contribution is -0.116. The van der Waals surface area contributed by atoms with Gasteiger partial charge in [-0.25, -0.2) is 12.7 Å². The van der Waals surface area contributed by atoms with Crippen LogP contribution in [0.5, 0.6) is 0 Å². The summed E-state index contributed by atoms with van der Waals surface area (Å²) in [6.45, 7) is 0.593. The zero-order valence-electron chi connectivity index (χ0n) is 13.5. The van der Waals surface area contributed by atoms with Crippen molar-refractivity contribution in [3.63, 3.8) is 0 Å². The Balaban J connectivity index is 1.77. The van der Waals surface area contributed by atoms with Gasteiger partial charge in [0.05, 0.1) is 4.90 Å². The third-order valence-electron chi connectivity index (χ3n) is 4.92. The highest BCUT2D eigenvalue weighted by molar-refractivity contribution is 7.89. The van der Waals surface area contributed by atoms with E-state index in [0.29, 0.717) is 30.2 Å². The lowest BCUT2D eigenvalue weighted by Crippen LogP contribution is -2.33. The number of benzene rings is 1. The van der Waals surface area contributed by atoms with Crippen LogP contribution in [0.25, 0.3) is 0 Å². The number of hydrogen-bond donors (Lipinski definition) is 1. The fourth-order valence-electron chi connectivity index (χ4n) is 3.53. The van der Waals surface area contributed by atoms with Crippen LogP contribution in [0, 0.1) is 5.92 Å². The van der Waals surface area contributed by atoms with E-state index in [4.69, 9.17) is 0 Å². The predicted molar refractivity (Wildman–Crippen MR) is 89.8 cm³/mol. The largest absolute Gasteiger partial charge is 0.326 e. The Kier molecular flexibility index (Phi) is 4.73. The lowest BCUT2D eigenvalue weighted by atomic mass is 9.89. The van der Waals surface area contributed by atoms with Crippen LogP contribution in [-0.4, -0.2) is 32.2 Å². The minimum absolute atomic E-state index is 0.0116. The third kappa shape index (κ3) is 3.58. The zero-order chi connectivity index (χ0) is 16.4. The smallest absolute Gasteiger partial charge is 0.242 e. The van der Waals surface area contributed by atoms with Gasteiger partial charge in [-0.05, 0) is 48.9 Å². The summed E-state index contributed by atoms with van der Waals surface area (Å²) in [5.41, 5.74) is 1.63. The first-order valence-corrected chi connectivity index (χ1v) is 9.80. The van der Waals surface area contributed by atoms with E-state index in [9.17, 15) is 13.2 Å². The molecule has 6 heteroatoms. The van der Waals surface area contributed by atoms with Crippen molar-refractivity contribution in [2.45, 2.75) is 49.8 Å². The zero-order valence-corrected chi connectivity index (χ0v) is 14.4. The topological polar surface area (TPSA) is 66.5 Å². The monoisotopic (exact) mass is 336 g/mol. The lowest BCUT2D eigenvalue weighted by Gasteiger charge is -2.27. The summed E-state index contributed by atoms with van der Waals surface area (Å²) in [5, 5.41) is 2.79. The van der Waals surface area contributed by atoms with Crippen LogP contribution in [0.15, 0.2) is 23.1 Å². The molecule has 1 aromatic carbocycles. The van der Waals surface area contributed by atoms with Gasteiger partial charge in [0.2, 0.25) is 15.9 Å². The highest BCUT2D eigenvalue weighted by Gasteiger charge is 2.26. The molecule has 1 N–H and O–H groups in total. The Labute approximate surface area is 138 Å². The molecule has 1 heterocycles. The summed E-state index contributed by atoms with van der Waals surface area (Å²) in [7, 11) is -1.79. The number of nitrogens with zero attached hydrogens (tertiary/aromatic N) is 1. The Morgan fingerprint density at radius 2 is 1.91 bits per heavy atom. The maximum atomic E-state index is 12.8. The highest BCUT2D eigenvalue weighted by Crippen LogP contribution is 2.29. The number of rotatable bonds is 4. The molecule has 3 rings (SSSR count). The normalized spacial score (nSPS) is 19.5. The first-order chi connectivity index (χ1) is 11.0. The molecular weight excluding hydrogens is 312 g/mol. The highest BCUT2D eigenvalue weighted by atomic mass is 32.2. The summed E-state index contributed by atoms with van der Waals surface area (Å²) in [6.07, 6.45) is 6.93. The van der Waals surface area contributed by atoms with E-state index in [1.54, 1.807) is 25.2 Å². The van der Waals surface area contributed by atoms with Crippen molar-refractivity contribution in [2.75, 3.05) is 18.9 Å². The van der Waals surface area contributed by atoms with E-state index < -0.39 is 10.0 Å². The van der Waals surface area contributed by atoms with Crippen LogP contribution >= 0.6 is 0 Å². The van der Waals surface area contributed by atoms with E-state index in [1.165, 1.54) is 23.6 Å². The molecule has 0 aromatic heterocycles. The predicted octanol–water partition coefficient (Wildman–Crippen LogP) is 2.77. The second-order valence-corrected chi connectivity index (χ2v) is 8.70. The molecule has 0 saturated heterocycles. The van der Waals surface area contributed by atoms with Crippen molar-refractivity contribution in [3.8, 4) is 0 Å². The number of amides is 1. The van der Waals surface area contributed by atoms with Gasteiger partial charge in [0.25, 0.3) is 0 Å². The van der Waals surface area contributed by atoms with Crippen LogP contribution in [0.3, 0.4) is 0 Å². The van der Waals surface area contributed by atoms with E-state index in [-0.39, 0.29) is 5.91 Å². The van der Waals surface area contributed by atoms with Gasteiger partial charge in [-0.2, -0.15) is 0 Å². The Morgan fingerprint density at radius 1 is 1.17 bits per heavy atom. The molecule has 1 aliphatic carbocycles. The molecule has 0 bridgehead atoms. The first-order valence-electron chi connectivity index (χ1n) is 8.36. The third-order valence-corrected chi connectivity index (χ3v) is 6.74. The van der Waals surface area contributed by atoms with Crippen molar-refractivity contribution in [2.24, 2.45) is 5.92 Å². The molecule has 0 atom stereocenters. The molecule has 1 aliphatic heterocycles. The van der Waals surface area contributed by atoms with Gasteiger partial charge in [-0.15, -0.1) is 0 Å². The van der Waals surface area contributed by atoms with E-state index >= 15 is 0 Å². The fourth-order valence-corrected chi connectivity index (χ4v) is 4.83. The minimum Gasteiger partial charge on any atom is -0.326 e. The van der Waals surface area contributed by atoms with Crippen LogP contribution in [-0.2, 0) is 21.2 Å². The maximum Gasteiger partial charge on any atom is 0.242 e. The van der Waals surface area contributed by atoms with Gasteiger partial charge in [-0.1, -0.05) is 19.3 Å². The summed E-state index contributed by atoms with van der Waals surface area (Å²) in [6, 6.07) is 5.01.